The fourth-order valence-corrected chi connectivity index (χ4v) is 0. The average Bonchev–Trinajstić information content (AvgIpc) is 1.25. The van der Waals surface area contributed by atoms with Crippen molar-refractivity contribution in [2.45, 2.75) is 13.8 Å². The molecule has 0 aromatic heterocycles. The van der Waals surface area contributed by atoms with Gasteiger partial charge in [0.15, 0.2) is 0 Å². The third-order valence-corrected chi connectivity index (χ3v) is 0. The molecule has 0 atom stereocenters. The minimum Gasteiger partial charge on any atom is -0.550 e. The quantitative estimate of drug-likeness (QED) is 0.425. The van der Waals surface area contributed by atoms with Crippen LogP contribution in [0.25, 0.3) is 0 Å². The third kappa shape index (κ3) is 181. The van der Waals surface area contributed by atoms with Crippen LogP contribution >= 0.6 is 0 Å². The van der Waals surface area contributed by atoms with Crippen molar-refractivity contribution in [3.05, 3.63) is 0 Å². The maximum Gasteiger partial charge on any atom is 0.0383 e. The van der Waals surface area contributed by atoms with E-state index in [2.05, 4.69) is 0 Å². The highest BCUT2D eigenvalue weighted by Gasteiger charge is 1.46. The number of quaternary nitrogens is 2. The first-order valence-corrected chi connectivity index (χ1v) is 1.82. The Bertz CT molecular complexity index is 73.3. The van der Waals surface area contributed by atoms with E-state index in [1.54, 1.807) is 0 Å². The van der Waals surface area contributed by atoms with Crippen LogP contribution in [0.5, 0.6) is 0 Å². The Labute approximate surface area is 59.0 Å². The average molecular weight is 154 g/mol. The van der Waals surface area contributed by atoms with Crippen molar-refractivity contribution in [2.75, 3.05) is 0 Å². The van der Waals surface area contributed by atoms with Crippen LogP contribution in [-0.4, -0.2) is 11.9 Å². The summed E-state index contributed by atoms with van der Waals surface area (Å²) >= 11 is 0. The summed E-state index contributed by atoms with van der Waals surface area (Å²) in [5.74, 6) is -2.17. The number of rotatable bonds is 0. The molecule has 0 aromatic carbocycles. The van der Waals surface area contributed by atoms with E-state index < -0.39 is 11.9 Å². The second kappa shape index (κ2) is 15.7. The van der Waals surface area contributed by atoms with Crippen molar-refractivity contribution >= 4 is 11.9 Å². The summed E-state index contributed by atoms with van der Waals surface area (Å²) in [4.78, 5) is 17.8. The molecule has 0 rings (SSSR count). The Morgan fingerprint density at radius 2 is 0.900 bits per heavy atom. The second-order valence-corrected chi connectivity index (χ2v) is 0.983. The lowest BCUT2D eigenvalue weighted by atomic mass is 10.9. The van der Waals surface area contributed by atoms with Gasteiger partial charge in [0, 0.05) is 11.9 Å². The van der Waals surface area contributed by atoms with Crippen molar-refractivity contribution in [1.82, 2.24) is 12.3 Å². The zero-order valence-corrected chi connectivity index (χ0v) is 6.63. The number of hydrogen-bond donors (Lipinski definition) is 2. The number of carboxylic acid groups (broad SMARTS) is 2. The van der Waals surface area contributed by atoms with E-state index in [1.807, 2.05) is 0 Å². The van der Waals surface area contributed by atoms with E-state index in [9.17, 15) is 0 Å². The largest absolute Gasteiger partial charge is 0.550 e. The first-order valence-electron chi connectivity index (χ1n) is 1.82. The lowest BCUT2D eigenvalue weighted by molar-refractivity contribution is -0.303. The molecule has 8 N–H and O–H groups in total. The van der Waals surface area contributed by atoms with Gasteiger partial charge in [-0.15, -0.1) is 0 Å². The monoisotopic (exact) mass is 154 g/mol. The molecule has 0 aliphatic heterocycles. The number of carboxylic acids is 2. The molecule has 0 bridgehead atoms. The Kier molecular flexibility index (Phi) is 36.3. The molecule has 0 aliphatic rings. The lowest BCUT2D eigenvalue weighted by Crippen LogP contribution is -2.16. The summed E-state index contributed by atoms with van der Waals surface area (Å²) in [6.45, 7) is 1.94. The van der Waals surface area contributed by atoms with Crippen molar-refractivity contribution in [3.63, 3.8) is 0 Å². The topological polar surface area (TPSA) is 153 Å². The van der Waals surface area contributed by atoms with Crippen LogP contribution in [0.3, 0.4) is 0 Å². The van der Waals surface area contributed by atoms with Crippen molar-refractivity contribution in [2.24, 2.45) is 0 Å². The van der Waals surface area contributed by atoms with E-state index in [0.29, 0.717) is 0 Å². The van der Waals surface area contributed by atoms with Gasteiger partial charge in [0.05, 0.1) is 0 Å². The Hall–Kier alpha value is -1.14. The molecule has 0 saturated heterocycles. The normalized spacial score (nSPS) is 5.00. The van der Waals surface area contributed by atoms with E-state index in [4.69, 9.17) is 19.8 Å². The molecule has 0 fully saturated rings. The maximum atomic E-state index is 8.89. The molecule has 0 unspecified atom stereocenters. The minimum absolute atomic E-state index is 0. The molecule has 0 spiro atoms. The van der Waals surface area contributed by atoms with Crippen LogP contribution in [-0.2, 0) is 9.59 Å². The molecule has 0 heterocycles. The zero-order valence-electron chi connectivity index (χ0n) is 6.63. The maximum absolute atomic E-state index is 8.89. The van der Waals surface area contributed by atoms with Gasteiger partial charge >= 0.3 is 0 Å². The first-order chi connectivity index (χ1) is 3.46. The van der Waals surface area contributed by atoms with Gasteiger partial charge in [-0.2, -0.15) is 0 Å². The highest BCUT2D eigenvalue weighted by Crippen LogP contribution is 1.31. The second-order valence-electron chi connectivity index (χ2n) is 0.983. The number of carbonyl (C=O) groups is 2. The van der Waals surface area contributed by atoms with E-state index in [-0.39, 0.29) is 12.3 Å². The predicted molar refractivity (Wildman–Crippen MR) is 33.3 cm³/mol. The summed E-state index contributed by atoms with van der Waals surface area (Å²) in [5.41, 5.74) is 0. The molecule has 6 heteroatoms. The summed E-state index contributed by atoms with van der Waals surface area (Å²) in [6.07, 6.45) is 0. The molecule has 0 aliphatic carbocycles. The highest BCUT2D eigenvalue weighted by atomic mass is 16.4. The first kappa shape index (κ1) is 23.2. The van der Waals surface area contributed by atoms with Gasteiger partial charge in [-0.3, -0.25) is 0 Å². The molecular weight excluding hydrogens is 140 g/mol. The Morgan fingerprint density at radius 3 is 0.900 bits per heavy atom. The van der Waals surface area contributed by atoms with Gasteiger partial charge in [0.1, 0.15) is 0 Å². The molecular formula is C4H14N2O4. The van der Waals surface area contributed by atoms with Crippen molar-refractivity contribution in [3.8, 4) is 0 Å². The predicted octanol–water partition coefficient (Wildman–Crippen LogP) is -1.74. The SMILES string of the molecule is CC(=O)[O-].CC(=O)[O-].[NH4+].[NH4+]. The third-order valence-electron chi connectivity index (χ3n) is 0. The van der Waals surface area contributed by atoms with Gasteiger partial charge in [-0.1, -0.05) is 0 Å². The van der Waals surface area contributed by atoms with E-state index in [0.717, 1.165) is 13.8 Å². The summed E-state index contributed by atoms with van der Waals surface area (Å²) in [6, 6.07) is 0. The highest BCUT2D eigenvalue weighted by molar-refractivity contribution is 5.60. The fourth-order valence-electron chi connectivity index (χ4n) is 0. The van der Waals surface area contributed by atoms with Crippen LogP contribution < -0.4 is 22.5 Å². The summed E-state index contributed by atoms with van der Waals surface area (Å²) < 4.78 is 0. The Morgan fingerprint density at radius 1 is 0.900 bits per heavy atom. The van der Waals surface area contributed by atoms with E-state index >= 15 is 0 Å². The van der Waals surface area contributed by atoms with Gasteiger partial charge in [0.2, 0.25) is 0 Å². The fraction of sp³-hybridized carbons (Fsp3) is 0.500. The molecule has 0 radical (unpaired) electrons. The zero-order chi connectivity index (χ0) is 7.15. The van der Waals surface area contributed by atoms with E-state index in [1.165, 1.54) is 0 Å². The van der Waals surface area contributed by atoms with Gasteiger partial charge in [-0.25, -0.2) is 0 Å². The smallest absolute Gasteiger partial charge is 0.0383 e. The Balaban J connectivity index is -0.0000000300. The molecule has 0 aromatic rings. The number of carbonyl (C=O) groups excluding carboxylic acids is 2. The van der Waals surface area contributed by atoms with Crippen LogP contribution in [0, 0.1) is 0 Å². The summed E-state index contributed by atoms with van der Waals surface area (Å²) in [5, 5.41) is 17.8. The lowest BCUT2D eigenvalue weighted by Gasteiger charge is -1.77. The van der Waals surface area contributed by atoms with Crippen LogP contribution in [0.1, 0.15) is 13.8 Å². The summed E-state index contributed by atoms with van der Waals surface area (Å²) in [7, 11) is 0. The number of hydrogen-bond acceptors (Lipinski definition) is 4. The van der Waals surface area contributed by atoms with Crippen LogP contribution in [0.2, 0.25) is 0 Å². The standard InChI is InChI=1S/2C2H4O2.2H3N/c2*1-2(3)4;;/h2*1H3,(H,3,4);2*1H3. The van der Waals surface area contributed by atoms with Gasteiger partial charge < -0.3 is 32.1 Å². The van der Waals surface area contributed by atoms with Crippen molar-refractivity contribution < 1.29 is 19.8 Å². The molecule has 64 valence electrons. The minimum atomic E-state index is -1.08. The number of aliphatic carboxylic acids is 2. The van der Waals surface area contributed by atoms with Crippen molar-refractivity contribution in [1.29, 1.82) is 0 Å². The van der Waals surface area contributed by atoms with Gasteiger partial charge in [0.25, 0.3) is 0 Å². The molecule has 10 heavy (non-hydrogen) atoms. The van der Waals surface area contributed by atoms with Crippen LogP contribution in [0.15, 0.2) is 0 Å². The molecule has 0 saturated carbocycles. The van der Waals surface area contributed by atoms with Gasteiger partial charge in [-0.05, 0) is 13.8 Å². The van der Waals surface area contributed by atoms with Crippen LogP contribution in [0.4, 0.5) is 0 Å². The molecule has 6 nitrogen and oxygen atoms in total. The molecule has 0 amide bonds.